The molecule has 0 radical (unpaired) electrons. The van der Waals surface area contributed by atoms with Gasteiger partial charge in [-0.05, 0) is 38.1 Å². The lowest BCUT2D eigenvalue weighted by molar-refractivity contribution is 0.394. The summed E-state index contributed by atoms with van der Waals surface area (Å²) < 4.78 is 5.77. The van der Waals surface area contributed by atoms with E-state index in [0.29, 0.717) is 17.6 Å². The highest BCUT2D eigenvalue weighted by atomic mass is 16.4. The van der Waals surface area contributed by atoms with Gasteiger partial charge in [0.25, 0.3) is 6.01 Å². The van der Waals surface area contributed by atoms with Crippen molar-refractivity contribution in [3.63, 3.8) is 0 Å². The van der Waals surface area contributed by atoms with Crippen LogP contribution in [0.1, 0.15) is 6.42 Å². The van der Waals surface area contributed by atoms with E-state index in [1.807, 2.05) is 25.2 Å². The first-order chi connectivity index (χ1) is 9.11. The molecule has 5 nitrogen and oxygen atoms in total. The number of fused-ring (bicyclic) bond motifs is 1. The van der Waals surface area contributed by atoms with Crippen molar-refractivity contribution < 1.29 is 4.42 Å². The van der Waals surface area contributed by atoms with Gasteiger partial charge in [-0.15, -0.1) is 0 Å². The lowest BCUT2D eigenvalue weighted by Gasteiger charge is -2.18. The van der Waals surface area contributed by atoms with E-state index in [9.17, 15) is 0 Å². The Morgan fingerprint density at radius 3 is 3.11 bits per heavy atom. The van der Waals surface area contributed by atoms with Crippen molar-refractivity contribution >= 4 is 22.8 Å². The first kappa shape index (κ1) is 12.3. The molecule has 5 heteroatoms. The van der Waals surface area contributed by atoms with Crippen molar-refractivity contribution in [1.29, 1.82) is 0 Å². The molecule has 0 amide bonds. The minimum absolute atomic E-state index is 0.676. The largest absolute Gasteiger partial charge is 0.423 e. The molecule has 2 aromatic rings. The van der Waals surface area contributed by atoms with Gasteiger partial charge in [-0.25, -0.2) is 0 Å². The van der Waals surface area contributed by atoms with Crippen LogP contribution in [0.5, 0.6) is 0 Å². The predicted molar refractivity (Wildman–Crippen MR) is 77.3 cm³/mol. The summed E-state index contributed by atoms with van der Waals surface area (Å²) in [6, 6.07) is 6.24. The number of nitrogens with two attached hydrogens (primary N) is 1. The van der Waals surface area contributed by atoms with Crippen molar-refractivity contribution in [2.45, 2.75) is 6.42 Å². The van der Waals surface area contributed by atoms with Crippen LogP contribution in [0.15, 0.2) is 22.6 Å². The zero-order chi connectivity index (χ0) is 13.4. The van der Waals surface area contributed by atoms with Gasteiger partial charge in [-0.3, -0.25) is 0 Å². The third kappa shape index (κ3) is 2.51. The van der Waals surface area contributed by atoms with Gasteiger partial charge in [0.2, 0.25) is 0 Å². The Balaban J connectivity index is 1.75. The first-order valence-electron chi connectivity index (χ1n) is 6.67. The van der Waals surface area contributed by atoms with E-state index in [1.165, 1.54) is 13.0 Å². The van der Waals surface area contributed by atoms with Crippen LogP contribution in [-0.2, 0) is 0 Å². The smallest absolute Gasteiger partial charge is 0.298 e. The van der Waals surface area contributed by atoms with Gasteiger partial charge in [0.1, 0.15) is 5.52 Å². The van der Waals surface area contributed by atoms with Crippen molar-refractivity contribution in [1.82, 2.24) is 9.88 Å². The van der Waals surface area contributed by atoms with Gasteiger partial charge < -0.3 is 20.0 Å². The van der Waals surface area contributed by atoms with Crippen molar-refractivity contribution in [2.75, 3.05) is 44.4 Å². The molecule has 0 aliphatic carbocycles. The molecule has 102 valence electrons. The van der Waals surface area contributed by atoms with Gasteiger partial charge in [0.05, 0.1) is 0 Å². The fourth-order valence-electron chi connectivity index (χ4n) is 2.73. The topological polar surface area (TPSA) is 58.5 Å². The normalized spacial score (nSPS) is 20.2. The van der Waals surface area contributed by atoms with Crippen LogP contribution in [0.4, 0.5) is 11.7 Å². The van der Waals surface area contributed by atoms with E-state index in [1.54, 1.807) is 0 Å². The number of hydrogen-bond acceptors (Lipinski definition) is 5. The molecule has 2 N–H and O–H groups in total. The van der Waals surface area contributed by atoms with E-state index in [0.717, 1.165) is 24.2 Å². The zero-order valence-corrected chi connectivity index (χ0v) is 11.5. The average molecular weight is 260 g/mol. The molecule has 1 unspecified atom stereocenters. The molecule has 1 aromatic heterocycles. The van der Waals surface area contributed by atoms with Gasteiger partial charge in [-0.2, -0.15) is 4.98 Å². The highest BCUT2D eigenvalue weighted by Crippen LogP contribution is 2.24. The molecule has 1 aliphatic rings. The number of oxazole rings is 1. The molecule has 1 saturated heterocycles. The van der Waals surface area contributed by atoms with Crippen LogP contribution in [0.2, 0.25) is 0 Å². The molecule has 1 fully saturated rings. The maximum absolute atomic E-state index is 5.77. The number of rotatable bonds is 3. The average Bonchev–Trinajstić information content (AvgIpc) is 2.95. The molecule has 3 rings (SSSR count). The number of likely N-dealkylation sites (tertiary alicyclic amines) is 1. The van der Waals surface area contributed by atoms with Crippen LogP contribution in [0, 0.1) is 5.92 Å². The fraction of sp³-hybridized carbons (Fsp3) is 0.500. The van der Waals surface area contributed by atoms with Crippen LogP contribution >= 0.6 is 0 Å². The Morgan fingerprint density at radius 2 is 2.37 bits per heavy atom. The molecule has 1 aromatic carbocycles. The van der Waals surface area contributed by atoms with Crippen molar-refractivity contribution in [3.05, 3.63) is 18.2 Å². The van der Waals surface area contributed by atoms with Gasteiger partial charge >= 0.3 is 0 Å². The van der Waals surface area contributed by atoms with E-state index in [4.69, 9.17) is 10.2 Å². The maximum Gasteiger partial charge on any atom is 0.298 e. The maximum atomic E-state index is 5.77. The number of benzene rings is 1. The van der Waals surface area contributed by atoms with Gasteiger partial charge in [0.15, 0.2) is 5.58 Å². The van der Waals surface area contributed by atoms with E-state index >= 15 is 0 Å². The lowest BCUT2D eigenvalue weighted by atomic mass is 10.1. The van der Waals surface area contributed by atoms with Crippen molar-refractivity contribution in [2.24, 2.45) is 5.92 Å². The summed E-state index contributed by atoms with van der Waals surface area (Å²) in [6.07, 6.45) is 1.24. The molecule has 2 heterocycles. The number of anilines is 2. The van der Waals surface area contributed by atoms with E-state index in [2.05, 4.69) is 21.8 Å². The Bertz CT molecular complexity index is 580. The number of aromatic nitrogens is 1. The molecule has 0 spiro atoms. The van der Waals surface area contributed by atoms with E-state index in [-0.39, 0.29) is 0 Å². The number of nitrogens with zero attached hydrogens (tertiary/aromatic N) is 3. The molecule has 1 aliphatic heterocycles. The number of nitrogen functional groups attached to an aromatic ring is 1. The second-order valence-electron chi connectivity index (χ2n) is 5.52. The molecule has 19 heavy (non-hydrogen) atoms. The van der Waals surface area contributed by atoms with E-state index < -0.39 is 0 Å². The Labute approximate surface area is 113 Å². The van der Waals surface area contributed by atoms with Crippen LogP contribution in [0.25, 0.3) is 11.1 Å². The summed E-state index contributed by atoms with van der Waals surface area (Å²) in [5.41, 5.74) is 8.07. The highest BCUT2D eigenvalue weighted by molar-refractivity contribution is 5.78. The first-order valence-corrected chi connectivity index (χ1v) is 6.67. The third-order valence-corrected chi connectivity index (χ3v) is 3.75. The summed E-state index contributed by atoms with van der Waals surface area (Å²) in [7, 11) is 4.20. The quantitative estimate of drug-likeness (QED) is 0.853. The monoisotopic (exact) mass is 260 g/mol. The fourth-order valence-corrected chi connectivity index (χ4v) is 2.73. The standard InChI is InChI=1S/C14H20N4O/c1-17-6-5-10(8-17)9-18(2)14-16-12-4-3-11(15)7-13(12)19-14/h3-4,7,10H,5-6,8-9,15H2,1-2H3. The summed E-state index contributed by atoms with van der Waals surface area (Å²) in [5.74, 6) is 0.690. The SMILES string of the molecule is CN1CCC(CN(C)c2nc3ccc(N)cc3o2)C1. The molecule has 0 bridgehead atoms. The zero-order valence-electron chi connectivity index (χ0n) is 11.5. The summed E-state index contributed by atoms with van der Waals surface area (Å²) >= 11 is 0. The van der Waals surface area contributed by atoms with Crippen molar-refractivity contribution in [3.8, 4) is 0 Å². The Morgan fingerprint density at radius 1 is 1.53 bits per heavy atom. The third-order valence-electron chi connectivity index (χ3n) is 3.75. The van der Waals surface area contributed by atoms with Crippen LogP contribution in [0.3, 0.4) is 0 Å². The molecule has 0 saturated carbocycles. The molecular formula is C14H20N4O. The Kier molecular flexibility index (Phi) is 3.06. The van der Waals surface area contributed by atoms with Crippen LogP contribution in [-0.4, -0.2) is 43.6 Å². The molecule has 1 atom stereocenters. The summed E-state index contributed by atoms with van der Waals surface area (Å²) in [5, 5.41) is 0. The Hall–Kier alpha value is -1.75. The molecular weight excluding hydrogens is 240 g/mol. The predicted octanol–water partition coefficient (Wildman–Crippen LogP) is 1.80. The summed E-state index contributed by atoms with van der Waals surface area (Å²) in [6.45, 7) is 3.31. The van der Waals surface area contributed by atoms with Gasteiger partial charge in [-0.1, -0.05) is 0 Å². The minimum atomic E-state index is 0.676. The minimum Gasteiger partial charge on any atom is -0.423 e. The van der Waals surface area contributed by atoms with Gasteiger partial charge in [0, 0.05) is 31.9 Å². The number of hydrogen-bond donors (Lipinski definition) is 1. The lowest BCUT2D eigenvalue weighted by Crippen LogP contribution is -2.27. The second kappa shape index (κ2) is 4.74. The highest BCUT2D eigenvalue weighted by Gasteiger charge is 2.22. The second-order valence-corrected chi connectivity index (χ2v) is 5.52. The van der Waals surface area contributed by atoms with Crippen LogP contribution < -0.4 is 10.6 Å². The summed E-state index contributed by atoms with van der Waals surface area (Å²) in [4.78, 5) is 8.97.